The fourth-order valence-corrected chi connectivity index (χ4v) is 2.31. The maximum absolute atomic E-state index is 12.2. The van der Waals surface area contributed by atoms with Gasteiger partial charge in [-0.15, -0.1) is 0 Å². The van der Waals surface area contributed by atoms with Gasteiger partial charge in [0.1, 0.15) is 5.15 Å². The van der Waals surface area contributed by atoms with Gasteiger partial charge in [-0.3, -0.25) is 4.79 Å². The Kier molecular flexibility index (Phi) is 3.35. The Morgan fingerprint density at radius 3 is 2.94 bits per heavy atom. The van der Waals surface area contributed by atoms with Gasteiger partial charge in [0.15, 0.2) is 0 Å². The third-order valence-electron chi connectivity index (χ3n) is 3.53. The Bertz CT molecular complexity index is 420. The number of carbonyl (C=O) groups excluding carboxylic acids is 1. The standard InChI is InChI=1S/C12H16ClN3O/c1-12(6-2-3-9(12)14)11(17)16-8-4-5-10(13)15-7-8/h4-5,7,9H,2-3,6,14H2,1H3,(H,16,17). The lowest BCUT2D eigenvalue weighted by Crippen LogP contribution is -2.44. The lowest BCUT2D eigenvalue weighted by molar-refractivity contribution is -0.125. The summed E-state index contributed by atoms with van der Waals surface area (Å²) < 4.78 is 0. The van der Waals surface area contributed by atoms with Crippen molar-refractivity contribution in [3.8, 4) is 0 Å². The van der Waals surface area contributed by atoms with Crippen molar-refractivity contribution in [3.05, 3.63) is 23.5 Å². The molecule has 0 saturated heterocycles. The third-order valence-corrected chi connectivity index (χ3v) is 3.76. The van der Waals surface area contributed by atoms with Gasteiger partial charge in [-0.05, 0) is 31.9 Å². The minimum Gasteiger partial charge on any atom is -0.327 e. The second-order valence-corrected chi connectivity index (χ2v) is 5.13. The van der Waals surface area contributed by atoms with Crippen LogP contribution in [0.15, 0.2) is 18.3 Å². The number of hydrogen-bond acceptors (Lipinski definition) is 3. The average molecular weight is 254 g/mol. The van der Waals surface area contributed by atoms with Crippen LogP contribution in [0.1, 0.15) is 26.2 Å². The van der Waals surface area contributed by atoms with Crippen LogP contribution in [-0.2, 0) is 4.79 Å². The average Bonchev–Trinajstić information content (AvgIpc) is 2.64. The molecule has 17 heavy (non-hydrogen) atoms. The molecule has 0 aromatic carbocycles. The minimum atomic E-state index is -0.473. The van der Waals surface area contributed by atoms with Gasteiger partial charge < -0.3 is 11.1 Å². The molecule has 5 heteroatoms. The summed E-state index contributed by atoms with van der Waals surface area (Å²) in [5.41, 5.74) is 6.17. The van der Waals surface area contributed by atoms with Gasteiger partial charge in [0.05, 0.1) is 17.3 Å². The number of aromatic nitrogens is 1. The van der Waals surface area contributed by atoms with E-state index in [4.69, 9.17) is 17.3 Å². The molecular formula is C12H16ClN3O. The summed E-state index contributed by atoms with van der Waals surface area (Å²) in [6.07, 6.45) is 4.29. The molecule has 1 aliphatic rings. The second kappa shape index (κ2) is 4.63. The SMILES string of the molecule is CC1(C(=O)Nc2ccc(Cl)nc2)CCCC1N. The monoisotopic (exact) mass is 253 g/mol. The summed E-state index contributed by atoms with van der Waals surface area (Å²) in [7, 11) is 0. The van der Waals surface area contributed by atoms with Gasteiger partial charge >= 0.3 is 0 Å². The summed E-state index contributed by atoms with van der Waals surface area (Å²) in [4.78, 5) is 16.1. The largest absolute Gasteiger partial charge is 0.327 e. The second-order valence-electron chi connectivity index (χ2n) is 4.74. The lowest BCUT2D eigenvalue weighted by atomic mass is 9.84. The molecule has 3 N–H and O–H groups in total. The van der Waals surface area contributed by atoms with E-state index in [1.54, 1.807) is 18.3 Å². The number of amides is 1. The number of pyridine rings is 1. The highest BCUT2D eigenvalue weighted by Crippen LogP contribution is 2.37. The van der Waals surface area contributed by atoms with Crippen molar-refractivity contribution in [1.29, 1.82) is 0 Å². The molecule has 1 amide bonds. The highest BCUT2D eigenvalue weighted by Gasteiger charge is 2.42. The molecule has 0 bridgehead atoms. The zero-order chi connectivity index (χ0) is 12.5. The summed E-state index contributed by atoms with van der Waals surface area (Å²) in [5, 5.41) is 3.25. The predicted octanol–water partition coefficient (Wildman–Crippen LogP) is 2.19. The Hall–Kier alpha value is -1.13. The molecule has 1 aromatic rings. The Labute approximate surface area is 106 Å². The first-order chi connectivity index (χ1) is 8.02. The first kappa shape index (κ1) is 12.3. The van der Waals surface area contributed by atoms with Crippen LogP contribution in [0.3, 0.4) is 0 Å². The molecule has 1 aliphatic carbocycles. The van der Waals surface area contributed by atoms with Gasteiger partial charge in [0.2, 0.25) is 5.91 Å². The number of anilines is 1. The Balaban J connectivity index is 2.09. The van der Waals surface area contributed by atoms with Crippen molar-refractivity contribution >= 4 is 23.2 Å². The van der Waals surface area contributed by atoms with E-state index < -0.39 is 5.41 Å². The number of nitrogens with one attached hydrogen (secondary N) is 1. The summed E-state index contributed by atoms with van der Waals surface area (Å²) in [5.74, 6) is -0.0355. The van der Waals surface area contributed by atoms with Crippen molar-refractivity contribution in [3.63, 3.8) is 0 Å². The van der Waals surface area contributed by atoms with Crippen molar-refractivity contribution in [2.75, 3.05) is 5.32 Å². The maximum Gasteiger partial charge on any atom is 0.231 e. The molecule has 2 unspecified atom stereocenters. The molecular weight excluding hydrogens is 238 g/mol. The summed E-state index contributed by atoms with van der Waals surface area (Å²) >= 11 is 5.68. The van der Waals surface area contributed by atoms with Crippen LogP contribution in [0.4, 0.5) is 5.69 Å². The van der Waals surface area contributed by atoms with Crippen molar-refractivity contribution in [1.82, 2.24) is 4.98 Å². The van der Waals surface area contributed by atoms with Gasteiger partial charge in [0, 0.05) is 6.04 Å². The van der Waals surface area contributed by atoms with Gasteiger partial charge in [-0.25, -0.2) is 4.98 Å². The van der Waals surface area contributed by atoms with E-state index in [9.17, 15) is 4.79 Å². The molecule has 1 fully saturated rings. The molecule has 1 heterocycles. The molecule has 1 saturated carbocycles. The van der Waals surface area contributed by atoms with Crippen LogP contribution < -0.4 is 11.1 Å². The van der Waals surface area contributed by atoms with Crippen molar-refractivity contribution < 1.29 is 4.79 Å². The number of nitrogens with zero attached hydrogens (tertiary/aromatic N) is 1. The summed E-state index contributed by atoms with van der Waals surface area (Å²) in [6.45, 7) is 1.92. The van der Waals surface area contributed by atoms with Crippen LogP contribution in [-0.4, -0.2) is 16.9 Å². The van der Waals surface area contributed by atoms with Gasteiger partial charge in [0.25, 0.3) is 0 Å². The van der Waals surface area contributed by atoms with Crippen LogP contribution in [0.25, 0.3) is 0 Å². The van der Waals surface area contributed by atoms with Gasteiger partial charge in [-0.1, -0.05) is 18.0 Å². The van der Waals surface area contributed by atoms with E-state index in [0.29, 0.717) is 10.8 Å². The third kappa shape index (κ3) is 2.42. The molecule has 4 nitrogen and oxygen atoms in total. The first-order valence-corrected chi connectivity index (χ1v) is 6.09. The number of rotatable bonds is 2. The topological polar surface area (TPSA) is 68.0 Å². The normalized spacial score (nSPS) is 28.1. The van der Waals surface area contributed by atoms with Gasteiger partial charge in [-0.2, -0.15) is 0 Å². The number of halogens is 1. The fourth-order valence-electron chi connectivity index (χ4n) is 2.20. The van der Waals surface area contributed by atoms with E-state index in [1.165, 1.54) is 0 Å². The van der Waals surface area contributed by atoms with Crippen LogP contribution in [0, 0.1) is 5.41 Å². The van der Waals surface area contributed by atoms with Crippen molar-refractivity contribution in [2.45, 2.75) is 32.2 Å². The number of nitrogens with two attached hydrogens (primary N) is 1. The molecule has 0 radical (unpaired) electrons. The quantitative estimate of drug-likeness (QED) is 0.794. The minimum absolute atomic E-state index is 0.0355. The van der Waals surface area contributed by atoms with E-state index in [0.717, 1.165) is 19.3 Å². The zero-order valence-electron chi connectivity index (χ0n) is 9.74. The summed E-state index contributed by atoms with van der Waals surface area (Å²) in [6, 6.07) is 3.31. The van der Waals surface area contributed by atoms with Crippen molar-refractivity contribution in [2.24, 2.45) is 11.1 Å². The molecule has 0 aliphatic heterocycles. The lowest BCUT2D eigenvalue weighted by Gasteiger charge is -2.27. The molecule has 92 valence electrons. The van der Waals surface area contributed by atoms with Crippen LogP contribution in [0.5, 0.6) is 0 Å². The maximum atomic E-state index is 12.2. The smallest absolute Gasteiger partial charge is 0.231 e. The Morgan fingerprint density at radius 1 is 1.65 bits per heavy atom. The fraction of sp³-hybridized carbons (Fsp3) is 0.500. The predicted molar refractivity (Wildman–Crippen MR) is 67.8 cm³/mol. The number of hydrogen-bond donors (Lipinski definition) is 2. The van der Waals surface area contributed by atoms with E-state index in [-0.39, 0.29) is 11.9 Å². The van der Waals surface area contributed by atoms with E-state index in [1.807, 2.05) is 6.92 Å². The number of carbonyl (C=O) groups is 1. The molecule has 0 spiro atoms. The highest BCUT2D eigenvalue weighted by atomic mass is 35.5. The van der Waals surface area contributed by atoms with E-state index in [2.05, 4.69) is 10.3 Å². The van der Waals surface area contributed by atoms with Crippen LogP contribution >= 0.6 is 11.6 Å². The first-order valence-electron chi connectivity index (χ1n) is 5.71. The molecule has 2 atom stereocenters. The van der Waals surface area contributed by atoms with Crippen LogP contribution in [0.2, 0.25) is 5.15 Å². The highest BCUT2D eigenvalue weighted by molar-refractivity contribution is 6.29. The zero-order valence-corrected chi connectivity index (χ0v) is 10.5. The van der Waals surface area contributed by atoms with E-state index >= 15 is 0 Å². The molecule has 1 aromatic heterocycles. The Morgan fingerprint density at radius 2 is 2.41 bits per heavy atom. The molecule has 2 rings (SSSR count).